The molecule has 2 unspecified atom stereocenters. The molecule has 1 heterocycles. The minimum absolute atomic E-state index is 0.0613. The van der Waals surface area contributed by atoms with Gasteiger partial charge in [0.15, 0.2) is 9.84 Å². The van der Waals surface area contributed by atoms with Crippen molar-refractivity contribution in [3.63, 3.8) is 0 Å². The van der Waals surface area contributed by atoms with Gasteiger partial charge in [-0.2, -0.15) is 0 Å². The van der Waals surface area contributed by atoms with E-state index in [-0.39, 0.29) is 29.4 Å². The Balaban J connectivity index is 2.24. The molecule has 2 atom stereocenters. The van der Waals surface area contributed by atoms with Crippen LogP contribution in [0.4, 0.5) is 4.39 Å². The number of benzene rings is 1. The van der Waals surface area contributed by atoms with Gasteiger partial charge in [0.1, 0.15) is 5.82 Å². The van der Waals surface area contributed by atoms with E-state index in [0.29, 0.717) is 0 Å². The van der Waals surface area contributed by atoms with Crippen LogP contribution in [-0.4, -0.2) is 26.0 Å². The van der Waals surface area contributed by atoms with Crippen LogP contribution >= 0.6 is 0 Å². The lowest BCUT2D eigenvalue weighted by molar-refractivity contribution is 0.468. The highest BCUT2D eigenvalue weighted by Gasteiger charge is 2.29. The molecule has 3 nitrogen and oxygen atoms in total. The standard InChI is InChI=1S/C11H14FNO2S/c1-8-6-16(14,15)7-11(13-8)9-2-4-10(12)5-3-9/h2-5,8,11,13H,6-7H2,1H3. The Morgan fingerprint density at radius 2 is 1.88 bits per heavy atom. The predicted molar refractivity (Wildman–Crippen MR) is 60.4 cm³/mol. The molecule has 16 heavy (non-hydrogen) atoms. The Morgan fingerprint density at radius 1 is 1.25 bits per heavy atom. The first-order valence-electron chi connectivity index (χ1n) is 5.18. The SMILES string of the molecule is CC1CS(=O)(=O)CC(c2ccc(F)cc2)N1. The van der Waals surface area contributed by atoms with Crippen molar-refractivity contribution in [2.45, 2.75) is 19.0 Å². The van der Waals surface area contributed by atoms with Gasteiger partial charge < -0.3 is 5.32 Å². The summed E-state index contributed by atoms with van der Waals surface area (Å²) in [4.78, 5) is 0. The quantitative estimate of drug-likeness (QED) is 0.808. The van der Waals surface area contributed by atoms with Crippen LogP contribution in [0.3, 0.4) is 0 Å². The second-order valence-electron chi connectivity index (χ2n) is 4.25. The third-order valence-corrected chi connectivity index (χ3v) is 4.53. The van der Waals surface area contributed by atoms with Gasteiger partial charge in [-0.05, 0) is 24.6 Å². The van der Waals surface area contributed by atoms with Gasteiger partial charge in [-0.25, -0.2) is 12.8 Å². The van der Waals surface area contributed by atoms with Crippen molar-refractivity contribution in [3.05, 3.63) is 35.6 Å². The lowest BCUT2D eigenvalue weighted by Gasteiger charge is -2.29. The number of sulfone groups is 1. The molecule has 1 aliphatic rings. The molecule has 2 rings (SSSR count). The Bertz CT molecular complexity index is 469. The smallest absolute Gasteiger partial charge is 0.153 e. The van der Waals surface area contributed by atoms with Crippen LogP contribution in [0.2, 0.25) is 0 Å². The molecule has 0 radical (unpaired) electrons. The first-order chi connectivity index (χ1) is 7.46. The molecule has 0 aliphatic carbocycles. The normalized spacial score (nSPS) is 28.9. The summed E-state index contributed by atoms with van der Waals surface area (Å²) in [6.45, 7) is 1.84. The average molecular weight is 243 g/mol. The van der Waals surface area contributed by atoms with Crippen molar-refractivity contribution in [3.8, 4) is 0 Å². The molecule has 1 N–H and O–H groups in total. The fraction of sp³-hybridized carbons (Fsp3) is 0.455. The van der Waals surface area contributed by atoms with Crippen molar-refractivity contribution < 1.29 is 12.8 Å². The highest BCUT2D eigenvalue weighted by atomic mass is 32.2. The van der Waals surface area contributed by atoms with E-state index >= 15 is 0 Å². The Morgan fingerprint density at radius 3 is 2.44 bits per heavy atom. The van der Waals surface area contributed by atoms with Gasteiger partial charge in [0, 0.05) is 12.1 Å². The van der Waals surface area contributed by atoms with E-state index in [9.17, 15) is 12.8 Å². The fourth-order valence-electron chi connectivity index (χ4n) is 2.03. The molecule has 1 aromatic carbocycles. The molecule has 1 saturated heterocycles. The van der Waals surface area contributed by atoms with Crippen LogP contribution in [0.5, 0.6) is 0 Å². The molecule has 0 aromatic heterocycles. The molecule has 1 fully saturated rings. The van der Waals surface area contributed by atoms with Crippen LogP contribution in [0, 0.1) is 5.82 Å². The van der Waals surface area contributed by atoms with Crippen molar-refractivity contribution >= 4 is 9.84 Å². The second-order valence-corrected chi connectivity index (χ2v) is 6.40. The molecule has 88 valence electrons. The summed E-state index contributed by atoms with van der Waals surface area (Å²) >= 11 is 0. The van der Waals surface area contributed by atoms with E-state index in [1.165, 1.54) is 12.1 Å². The largest absolute Gasteiger partial charge is 0.306 e. The number of hydrogen-bond acceptors (Lipinski definition) is 3. The van der Waals surface area contributed by atoms with Gasteiger partial charge in [0.25, 0.3) is 0 Å². The van der Waals surface area contributed by atoms with Crippen molar-refractivity contribution in [1.82, 2.24) is 5.32 Å². The van der Waals surface area contributed by atoms with E-state index in [1.54, 1.807) is 12.1 Å². The maximum atomic E-state index is 12.7. The zero-order chi connectivity index (χ0) is 11.8. The second kappa shape index (κ2) is 4.14. The summed E-state index contributed by atoms with van der Waals surface area (Å²) in [5.74, 6) is -0.0521. The lowest BCUT2D eigenvalue weighted by atomic mass is 10.1. The third-order valence-electron chi connectivity index (χ3n) is 2.68. The zero-order valence-electron chi connectivity index (χ0n) is 8.98. The summed E-state index contributed by atoms with van der Waals surface area (Å²) in [6, 6.07) is 5.66. The highest BCUT2D eigenvalue weighted by Crippen LogP contribution is 2.21. The molecule has 1 aromatic rings. The van der Waals surface area contributed by atoms with Gasteiger partial charge in [-0.15, -0.1) is 0 Å². The molecule has 1 aliphatic heterocycles. The highest BCUT2D eigenvalue weighted by molar-refractivity contribution is 7.91. The molecule has 0 saturated carbocycles. The van der Waals surface area contributed by atoms with Gasteiger partial charge in [-0.1, -0.05) is 12.1 Å². The first-order valence-corrected chi connectivity index (χ1v) is 7.00. The lowest BCUT2D eigenvalue weighted by Crippen LogP contribution is -2.45. The molecular weight excluding hydrogens is 229 g/mol. The fourth-order valence-corrected chi connectivity index (χ4v) is 3.82. The number of nitrogens with one attached hydrogen (secondary N) is 1. The topological polar surface area (TPSA) is 46.2 Å². The van der Waals surface area contributed by atoms with Crippen LogP contribution in [-0.2, 0) is 9.84 Å². The number of hydrogen-bond donors (Lipinski definition) is 1. The predicted octanol–water partition coefficient (Wildman–Crippen LogP) is 1.27. The van der Waals surface area contributed by atoms with E-state index in [0.717, 1.165) is 5.56 Å². The van der Waals surface area contributed by atoms with Gasteiger partial charge in [0.05, 0.1) is 11.5 Å². The van der Waals surface area contributed by atoms with Gasteiger partial charge in [-0.3, -0.25) is 0 Å². The monoisotopic (exact) mass is 243 g/mol. The summed E-state index contributed by atoms with van der Waals surface area (Å²) in [6.07, 6.45) is 0. The van der Waals surface area contributed by atoms with E-state index in [4.69, 9.17) is 0 Å². The van der Waals surface area contributed by atoms with Gasteiger partial charge in [0.2, 0.25) is 0 Å². The maximum Gasteiger partial charge on any atom is 0.153 e. The van der Waals surface area contributed by atoms with Crippen LogP contribution in [0.1, 0.15) is 18.5 Å². The summed E-state index contributed by atoms with van der Waals surface area (Å²) < 4.78 is 35.9. The van der Waals surface area contributed by atoms with Crippen LogP contribution in [0.25, 0.3) is 0 Å². The molecule has 0 spiro atoms. The van der Waals surface area contributed by atoms with E-state index in [1.807, 2.05) is 6.92 Å². The Hall–Kier alpha value is -0.940. The summed E-state index contributed by atoms with van der Waals surface area (Å²) in [5.41, 5.74) is 0.816. The van der Waals surface area contributed by atoms with Crippen molar-refractivity contribution in [2.75, 3.05) is 11.5 Å². The van der Waals surface area contributed by atoms with E-state index < -0.39 is 9.84 Å². The Labute approximate surface area is 94.6 Å². The zero-order valence-corrected chi connectivity index (χ0v) is 9.80. The third kappa shape index (κ3) is 2.59. The first kappa shape index (κ1) is 11.5. The molecule has 0 bridgehead atoms. The minimum Gasteiger partial charge on any atom is -0.306 e. The number of halogens is 1. The average Bonchev–Trinajstić information content (AvgIpc) is 2.15. The van der Waals surface area contributed by atoms with Crippen LogP contribution in [0.15, 0.2) is 24.3 Å². The molecule has 0 amide bonds. The maximum absolute atomic E-state index is 12.7. The van der Waals surface area contributed by atoms with Crippen molar-refractivity contribution in [2.24, 2.45) is 0 Å². The Kier molecular flexibility index (Phi) is 2.99. The molecule has 5 heteroatoms. The van der Waals surface area contributed by atoms with E-state index in [2.05, 4.69) is 5.32 Å². The van der Waals surface area contributed by atoms with Crippen molar-refractivity contribution in [1.29, 1.82) is 0 Å². The number of rotatable bonds is 1. The summed E-state index contributed by atoms with van der Waals surface area (Å²) in [7, 11) is -3.00. The molecular formula is C11H14FNO2S. The summed E-state index contributed by atoms with van der Waals surface area (Å²) in [5, 5.41) is 3.21. The minimum atomic E-state index is -3.00. The van der Waals surface area contributed by atoms with Gasteiger partial charge >= 0.3 is 0 Å². The van der Waals surface area contributed by atoms with Crippen LogP contribution < -0.4 is 5.32 Å².